The van der Waals surface area contributed by atoms with Gasteiger partial charge in [0.25, 0.3) is 0 Å². The molecule has 0 spiro atoms. The maximum Gasteiger partial charge on any atom is 0.231 e. The first kappa shape index (κ1) is 16.5. The van der Waals surface area contributed by atoms with E-state index in [0.29, 0.717) is 22.9 Å². The molecule has 0 bridgehead atoms. The van der Waals surface area contributed by atoms with E-state index in [1.807, 2.05) is 36.4 Å². The molecule has 0 unspecified atom stereocenters. The fourth-order valence-corrected chi connectivity index (χ4v) is 2.52. The van der Waals surface area contributed by atoms with Gasteiger partial charge in [-0.05, 0) is 36.4 Å². The van der Waals surface area contributed by atoms with Crippen LogP contribution in [0.2, 0.25) is 0 Å². The number of carbonyl (C=O) groups is 1. The predicted molar refractivity (Wildman–Crippen MR) is 103 cm³/mol. The number of carbonyl (C=O) groups excluding carboxylic acids is 1. The molecule has 0 fully saturated rings. The molecule has 0 radical (unpaired) electrons. The number of fused-ring (bicyclic) bond motifs is 1. The summed E-state index contributed by atoms with van der Waals surface area (Å²) in [6.45, 7) is 1.47. The van der Waals surface area contributed by atoms with Crippen LogP contribution in [0, 0.1) is 0 Å². The largest absolute Gasteiger partial charge is 0.340 e. The highest BCUT2D eigenvalue weighted by atomic mass is 16.1. The van der Waals surface area contributed by atoms with Crippen molar-refractivity contribution in [2.45, 2.75) is 6.92 Å². The summed E-state index contributed by atoms with van der Waals surface area (Å²) in [4.78, 5) is 31.3. The topological polar surface area (TPSA) is 121 Å². The van der Waals surface area contributed by atoms with Gasteiger partial charge in [0.05, 0.1) is 6.33 Å². The third-order valence-corrected chi connectivity index (χ3v) is 3.69. The van der Waals surface area contributed by atoms with Crippen molar-refractivity contribution in [3.63, 3.8) is 0 Å². The number of benzene rings is 1. The van der Waals surface area contributed by atoms with Crippen molar-refractivity contribution in [1.29, 1.82) is 0 Å². The minimum Gasteiger partial charge on any atom is -0.340 e. The minimum absolute atomic E-state index is 0.113. The van der Waals surface area contributed by atoms with Crippen molar-refractivity contribution >= 4 is 45.9 Å². The van der Waals surface area contributed by atoms with Gasteiger partial charge in [0.2, 0.25) is 11.9 Å². The highest BCUT2D eigenvalue weighted by molar-refractivity contribution is 5.89. The van der Waals surface area contributed by atoms with E-state index in [2.05, 4.69) is 40.9 Å². The Hall–Kier alpha value is -4.01. The van der Waals surface area contributed by atoms with Gasteiger partial charge in [-0.25, -0.2) is 4.98 Å². The molecule has 0 atom stereocenters. The minimum atomic E-state index is -0.113. The first-order chi connectivity index (χ1) is 13.2. The predicted octanol–water partition coefficient (Wildman–Crippen LogP) is 3.19. The van der Waals surface area contributed by atoms with E-state index < -0.39 is 0 Å². The van der Waals surface area contributed by atoms with E-state index in [4.69, 9.17) is 0 Å². The maximum absolute atomic E-state index is 11.1. The van der Waals surface area contributed by atoms with Crippen LogP contribution in [0.4, 0.5) is 28.8 Å². The van der Waals surface area contributed by atoms with Crippen LogP contribution < -0.4 is 16.0 Å². The zero-order valence-electron chi connectivity index (χ0n) is 14.4. The second-order valence-corrected chi connectivity index (χ2v) is 5.74. The summed E-state index contributed by atoms with van der Waals surface area (Å²) in [6.07, 6.45) is 4.94. The molecular weight excluding hydrogens is 344 g/mol. The quantitative estimate of drug-likeness (QED) is 0.431. The van der Waals surface area contributed by atoms with Crippen molar-refractivity contribution in [3.8, 4) is 0 Å². The van der Waals surface area contributed by atoms with Gasteiger partial charge in [0.1, 0.15) is 5.52 Å². The van der Waals surface area contributed by atoms with Crippen molar-refractivity contribution in [1.82, 2.24) is 24.9 Å². The van der Waals surface area contributed by atoms with Crippen LogP contribution in [0.3, 0.4) is 0 Å². The summed E-state index contributed by atoms with van der Waals surface area (Å²) in [6, 6.07) is 11.0. The zero-order valence-corrected chi connectivity index (χ0v) is 14.4. The molecule has 0 aliphatic carbocycles. The number of anilines is 5. The fourth-order valence-electron chi connectivity index (χ4n) is 2.52. The summed E-state index contributed by atoms with van der Waals surface area (Å²) in [7, 11) is 0. The molecule has 1 amide bonds. The lowest BCUT2D eigenvalue weighted by Gasteiger charge is -2.10. The number of nitrogens with one attached hydrogen (secondary N) is 4. The van der Waals surface area contributed by atoms with Crippen LogP contribution in [0.25, 0.3) is 11.2 Å². The van der Waals surface area contributed by atoms with E-state index in [1.165, 1.54) is 6.92 Å². The smallest absolute Gasteiger partial charge is 0.231 e. The second-order valence-electron chi connectivity index (χ2n) is 5.74. The van der Waals surface area contributed by atoms with Crippen LogP contribution in [0.15, 0.2) is 55.1 Å². The zero-order chi connectivity index (χ0) is 18.6. The molecule has 4 aromatic rings. The standard InChI is InChI=1S/C18H16N8O/c1-11(27)22-12-2-4-13(5-3-12)23-17-15-16(21-10-20-15)25-18(26-17)24-14-6-8-19-9-7-14/h2-10H,1H3,(H,22,27)(H3,19,20,21,23,24,25,26). The number of imidazole rings is 1. The number of hydrogen-bond acceptors (Lipinski definition) is 7. The van der Waals surface area contributed by atoms with Crippen LogP contribution in [-0.4, -0.2) is 30.8 Å². The number of H-pyrrole nitrogens is 1. The molecule has 0 aliphatic heterocycles. The monoisotopic (exact) mass is 360 g/mol. The number of hydrogen-bond donors (Lipinski definition) is 4. The fraction of sp³-hybridized carbons (Fsp3) is 0.0556. The Morgan fingerprint density at radius 2 is 1.63 bits per heavy atom. The Labute approximate surface area is 154 Å². The normalized spacial score (nSPS) is 10.6. The van der Waals surface area contributed by atoms with E-state index in [-0.39, 0.29) is 5.91 Å². The highest BCUT2D eigenvalue weighted by Gasteiger charge is 2.11. The molecule has 0 saturated carbocycles. The molecule has 3 aromatic heterocycles. The Bertz CT molecular complexity index is 1080. The summed E-state index contributed by atoms with van der Waals surface area (Å²) in [5.74, 6) is 0.886. The third-order valence-electron chi connectivity index (χ3n) is 3.69. The average Bonchev–Trinajstić information content (AvgIpc) is 3.13. The summed E-state index contributed by atoms with van der Waals surface area (Å²) < 4.78 is 0. The molecule has 0 aliphatic rings. The number of aromatic amines is 1. The summed E-state index contributed by atoms with van der Waals surface area (Å²) in [5, 5.41) is 9.13. The Kier molecular flexibility index (Phi) is 4.32. The Morgan fingerprint density at radius 1 is 0.926 bits per heavy atom. The molecule has 0 saturated heterocycles. The molecular formula is C18H16N8O. The molecule has 4 N–H and O–H groups in total. The lowest BCUT2D eigenvalue weighted by atomic mass is 10.2. The van der Waals surface area contributed by atoms with Gasteiger partial charge in [-0.1, -0.05) is 0 Å². The lowest BCUT2D eigenvalue weighted by Crippen LogP contribution is -2.05. The molecule has 27 heavy (non-hydrogen) atoms. The van der Waals surface area contributed by atoms with Gasteiger partial charge in [0, 0.05) is 36.4 Å². The van der Waals surface area contributed by atoms with E-state index in [0.717, 1.165) is 17.1 Å². The molecule has 1 aromatic carbocycles. The first-order valence-corrected chi connectivity index (χ1v) is 8.20. The van der Waals surface area contributed by atoms with Crippen LogP contribution in [-0.2, 0) is 4.79 Å². The Balaban J connectivity index is 1.62. The van der Waals surface area contributed by atoms with Gasteiger partial charge >= 0.3 is 0 Å². The van der Waals surface area contributed by atoms with Gasteiger partial charge in [0.15, 0.2) is 11.5 Å². The average molecular weight is 360 g/mol. The van der Waals surface area contributed by atoms with Crippen molar-refractivity contribution in [3.05, 3.63) is 55.1 Å². The van der Waals surface area contributed by atoms with E-state index in [9.17, 15) is 4.79 Å². The number of aromatic nitrogens is 5. The molecule has 9 heteroatoms. The molecule has 3 heterocycles. The number of rotatable bonds is 5. The van der Waals surface area contributed by atoms with Crippen molar-refractivity contribution in [2.24, 2.45) is 0 Å². The van der Waals surface area contributed by atoms with Crippen LogP contribution >= 0.6 is 0 Å². The van der Waals surface area contributed by atoms with Gasteiger partial charge in [-0.3, -0.25) is 9.78 Å². The van der Waals surface area contributed by atoms with E-state index in [1.54, 1.807) is 18.7 Å². The molecule has 4 rings (SSSR count). The SMILES string of the molecule is CC(=O)Nc1ccc(Nc2nc(Nc3ccncc3)nc3nc[nH]c23)cc1. The first-order valence-electron chi connectivity index (χ1n) is 8.20. The van der Waals surface area contributed by atoms with Gasteiger partial charge < -0.3 is 20.9 Å². The van der Waals surface area contributed by atoms with Crippen LogP contribution in [0.5, 0.6) is 0 Å². The van der Waals surface area contributed by atoms with Crippen molar-refractivity contribution in [2.75, 3.05) is 16.0 Å². The summed E-state index contributed by atoms with van der Waals surface area (Å²) in [5.41, 5.74) is 3.60. The van der Waals surface area contributed by atoms with Crippen LogP contribution in [0.1, 0.15) is 6.92 Å². The number of nitrogens with zero attached hydrogens (tertiary/aromatic N) is 4. The Morgan fingerprint density at radius 3 is 2.37 bits per heavy atom. The maximum atomic E-state index is 11.1. The van der Waals surface area contributed by atoms with Crippen molar-refractivity contribution < 1.29 is 4.79 Å². The molecule has 9 nitrogen and oxygen atoms in total. The van der Waals surface area contributed by atoms with Gasteiger partial charge in [-0.15, -0.1) is 0 Å². The van der Waals surface area contributed by atoms with E-state index >= 15 is 0 Å². The number of pyridine rings is 1. The third kappa shape index (κ3) is 3.82. The molecule has 134 valence electrons. The lowest BCUT2D eigenvalue weighted by molar-refractivity contribution is -0.114. The second kappa shape index (κ2) is 7.08. The highest BCUT2D eigenvalue weighted by Crippen LogP contribution is 2.25. The van der Waals surface area contributed by atoms with Gasteiger partial charge in [-0.2, -0.15) is 9.97 Å². The number of amides is 1. The summed E-state index contributed by atoms with van der Waals surface area (Å²) >= 11 is 0.